The SMILES string of the molecule is N#CN1CCOC(C(=O)Nc2nnc(-c3ccccc3)s2)C1. The van der Waals surface area contributed by atoms with Crippen molar-refractivity contribution in [2.24, 2.45) is 0 Å². The van der Waals surface area contributed by atoms with E-state index in [-0.39, 0.29) is 12.5 Å². The van der Waals surface area contributed by atoms with Crippen LogP contribution in [-0.4, -0.2) is 46.8 Å². The molecule has 1 amide bonds. The van der Waals surface area contributed by atoms with Gasteiger partial charge in [-0.2, -0.15) is 5.26 Å². The van der Waals surface area contributed by atoms with Gasteiger partial charge in [0.25, 0.3) is 5.91 Å². The molecule has 22 heavy (non-hydrogen) atoms. The molecule has 1 aliphatic rings. The number of morpholine rings is 1. The van der Waals surface area contributed by atoms with Crippen LogP contribution in [0.2, 0.25) is 0 Å². The minimum Gasteiger partial charge on any atom is -0.365 e. The second kappa shape index (κ2) is 6.51. The van der Waals surface area contributed by atoms with E-state index in [0.29, 0.717) is 18.3 Å². The summed E-state index contributed by atoms with van der Waals surface area (Å²) in [6.07, 6.45) is 1.36. The van der Waals surface area contributed by atoms with Crippen LogP contribution < -0.4 is 5.32 Å². The molecule has 0 bridgehead atoms. The lowest BCUT2D eigenvalue weighted by Crippen LogP contribution is -2.46. The maximum Gasteiger partial charge on any atom is 0.257 e. The number of benzene rings is 1. The predicted molar refractivity (Wildman–Crippen MR) is 80.9 cm³/mol. The minimum atomic E-state index is -0.669. The van der Waals surface area contributed by atoms with E-state index in [9.17, 15) is 4.79 Å². The van der Waals surface area contributed by atoms with Gasteiger partial charge in [0.2, 0.25) is 5.13 Å². The number of aromatic nitrogens is 2. The molecule has 1 aliphatic heterocycles. The number of ether oxygens (including phenoxy) is 1. The van der Waals surface area contributed by atoms with Crippen molar-refractivity contribution >= 4 is 22.4 Å². The van der Waals surface area contributed by atoms with Crippen LogP contribution in [-0.2, 0) is 9.53 Å². The fourth-order valence-electron chi connectivity index (χ4n) is 2.06. The zero-order chi connectivity index (χ0) is 15.4. The average molecular weight is 315 g/mol. The molecule has 1 aromatic heterocycles. The van der Waals surface area contributed by atoms with Gasteiger partial charge in [-0.25, -0.2) is 0 Å². The Morgan fingerprint density at radius 1 is 1.41 bits per heavy atom. The van der Waals surface area contributed by atoms with Gasteiger partial charge in [0.05, 0.1) is 19.7 Å². The molecule has 1 N–H and O–H groups in total. The molecule has 1 saturated heterocycles. The maximum atomic E-state index is 12.1. The Labute approximate surface area is 131 Å². The number of rotatable bonds is 3. The van der Waals surface area contributed by atoms with Crippen LogP contribution in [0, 0.1) is 11.5 Å². The van der Waals surface area contributed by atoms with Crippen molar-refractivity contribution in [2.45, 2.75) is 6.10 Å². The summed E-state index contributed by atoms with van der Waals surface area (Å²) in [6.45, 7) is 1.13. The van der Waals surface area contributed by atoms with Crippen LogP contribution in [0.5, 0.6) is 0 Å². The molecule has 0 spiro atoms. The van der Waals surface area contributed by atoms with Crippen molar-refractivity contribution < 1.29 is 9.53 Å². The molecule has 7 nitrogen and oxygen atoms in total. The van der Waals surface area contributed by atoms with Crippen molar-refractivity contribution in [3.63, 3.8) is 0 Å². The monoisotopic (exact) mass is 315 g/mol. The zero-order valence-corrected chi connectivity index (χ0v) is 12.4. The Balaban J connectivity index is 1.65. The molecule has 1 aromatic carbocycles. The van der Waals surface area contributed by atoms with E-state index < -0.39 is 6.10 Å². The smallest absolute Gasteiger partial charge is 0.257 e. The highest BCUT2D eigenvalue weighted by atomic mass is 32.1. The van der Waals surface area contributed by atoms with Gasteiger partial charge in [0.15, 0.2) is 12.3 Å². The van der Waals surface area contributed by atoms with Gasteiger partial charge in [0.1, 0.15) is 5.01 Å². The normalized spacial score (nSPS) is 17.8. The first-order valence-electron chi connectivity index (χ1n) is 6.72. The third-order valence-corrected chi connectivity index (χ3v) is 4.06. The summed E-state index contributed by atoms with van der Waals surface area (Å²) in [7, 11) is 0. The highest BCUT2D eigenvalue weighted by Crippen LogP contribution is 2.26. The van der Waals surface area contributed by atoms with Crippen LogP contribution in [0.15, 0.2) is 30.3 Å². The van der Waals surface area contributed by atoms with Crippen LogP contribution in [0.1, 0.15) is 0 Å². The topological polar surface area (TPSA) is 91.1 Å². The van der Waals surface area contributed by atoms with E-state index >= 15 is 0 Å². The molecule has 0 saturated carbocycles. The number of anilines is 1. The van der Waals surface area contributed by atoms with E-state index in [4.69, 9.17) is 10.00 Å². The standard InChI is InChI=1S/C14H13N5O2S/c15-9-19-6-7-21-11(8-19)12(20)16-14-18-17-13(22-14)10-4-2-1-3-5-10/h1-5,11H,6-8H2,(H,16,18,20). The van der Waals surface area contributed by atoms with E-state index in [1.165, 1.54) is 16.2 Å². The number of amides is 1. The molecule has 8 heteroatoms. The zero-order valence-electron chi connectivity index (χ0n) is 11.6. The number of nitriles is 1. The second-order valence-corrected chi connectivity index (χ2v) is 5.65. The van der Waals surface area contributed by atoms with Crippen molar-refractivity contribution in [3.05, 3.63) is 30.3 Å². The van der Waals surface area contributed by atoms with Crippen molar-refractivity contribution in [1.82, 2.24) is 15.1 Å². The Kier molecular flexibility index (Phi) is 4.27. The summed E-state index contributed by atoms with van der Waals surface area (Å²) in [4.78, 5) is 13.6. The van der Waals surface area contributed by atoms with Gasteiger partial charge in [-0.3, -0.25) is 10.1 Å². The van der Waals surface area contributed by atoms with Crippen molar-refractivity contribution in [2.75, 3.05) is 25.0 Å². The summed E-state index contributed by atoms with van der Waals surface area (Å²) in [5.74, 6) is -0.310. The van der Waals surface area contributed by atoms with E-state index in [1.54, 1.807) is 0 Å². The van der Waals surface area contributed by atoms with Crippen LogP contribution in [0.25, 0.3) is 10.6 Å². The summed E-state index contributed by atoms with van der Waals surface area (Å²) >= 11 is 1.30. The fourth-order valence-corrected chi connectivity index (χ4v) is 2.81. The Hall–Kier alpha value is -2.50. The molecule has 1 fully saturated rings. The van der Waals surface area contributed by atoms with Gasteiger partial charge in [-0.1, -0.05) is 41.7 Å². The summed E-state index contributed by atoms with van der Waals surface area (Å²) in [5, 5.41) is 20.8. The minimum absolute atomic E-state index is 0.257. The average Bonchev–Trinajstić information content (AvgIpc) is 3.04. The first-order chi connectivity index (χ1) is 10.8. The van der Waals surface area contributed by atoms with E-state index in [0.717, 1.165) is 10.6 Å². The molecule has 3 rings (SSSR count). The third kappa shape index (κ3) is 3.21. The maximum absolute atomic E-state index is 12.1. The summed E-state index contributed by atoms with van der Waals surface area (Å²) < 4.78 is 5.39. The lowest BCUT2D eigenvalue weighted by molar-refractivity contribution is -0.131. The van der Waals surface area contributed by atoms with Crippen LogP contribution >= 0.6 is 11.3 Å². The number of hydrogen-bond acceptors (Lipinski definition) is 7. The van der Waals surface area contributed by atoms with Gasteiger partial charge >= 0.3 is 0 Å². The van der Waals surface area contributed by atoms with Crippen LogP contribution in [0.4, 0.5) is 5.13 Å². The van der Waals surface area contributed by atoms with E-state index in [2.05, 4.69) is 15.5 Å². The molecule has 1 unspecified atom stereocenters. The molecule has 2 heterocycles. The van der Waals surface area contributed by atoms with E-state index in [1.807, 2.05) is 36.5 Å². The third-order valence-electron chi connectivity index (χ3n) is 3.18. The molecular weight excluding hydrogens is 302 g/mol. The molecule has 0 radical (unpaired) electrons. The van der Waals surface area contributed by atoms with Crippen molar-refractivity contribution in [3.8, 4) is 16.8 Å². The lowest BCUT2D eigenvalue weighted by Gasteiger charge is -2.27. The largest absolute Gasteiger partial charge is 0.365 e. The van der Waals surface area contributed by atoms with Gasteiger partial charge < -0.3 is 9.64 Å². The first kappa shape index (κ1) is 14.4. The molecular formula is C14H13N5O2S. The number of carbonyl (C=O) groups is 1. The highest BCUT2D eigenvalue weighted by molar-refractivity contribution is 7.18. The summed E-state index contributed by atoms with van der Waals surface area (Å²) in [5.41, 5.74) is 0.949. The first-order valence-corrected chi connectivity index (χ1v) is 7.54. The predicted octanol–water partition coefficient (Wildman–Crippen LogP) is 1.33. The van der Waals surface area contributed by atoms with Crippen molar-refractivity contribution in [1.29, 1.82) is 5.26 Å². The number of nitrogens with zero attached hydrogens (tertiary/aromatic N) is 4. The van der Waals surface area contributed by atoms with Crippen LogP contribution in [0.3, 0.4) is 0 Å². The highest BCUT2D eigenvalue weighted by Gasteiger charge is 2.27. The number of nitrogens with one attached hydrogen (secondary N) is 1. The molecule has 2 aromatic rings. The summed E-state index contributed by atoms with van der Waals surface area (Å²) in [6, 6.07) is 9.62. The Morgan fingerprint density at radius 2 is 2.23 bits per heavy atom. The van der Waals surface area contributed by atoms with Gasteiger partial charge in [0, 0.05) is 5.56 Å². The van der Waals surface area contributed by atoms with Gasteiger partial charge in [-0.15, -0.1) is 10.2 Å². The second-order valence-electron chi connectivity index (χ2n) is 4.67. The lowest BCUT2D eigenvalue weighted by atomic mass is 10.2. The number of carbonyl (C=O) groups excluding carboxylic acids is 1. The molecule has 112 valence electrons. The molecule has 0 aliphatic carbocycles. The number of hydrogen-bond donors (Lipinski definition) is 1. The van der Waals surface area contributed by atoms with Gasteiger partial charge in [-0.05, 0) is 0 Å². The Bertz CT molecular complexity index is 697. The quantitative estimate of drug-likeness (QED) is 0.859. The Morgan fingerprint density at radius 3 is 3.00 bits per heavy atom. The fraction of sp³-hybridized carbons (Fsp3) is 0.286. The molecule has 1 atom stereocenters.